The standard InChI is InChI=1S/C14H19N3S/c1-10-6-5-7-11(2)17(10)15-14-12-8-3-4-9-13(12)16-18-14/h3-4,8-11,15H,5-7H2,1-2H3. The Labute approximate surface area is 112 Å². The fourth-order valence-corrected chi connectivity index (χ4v) is 3.49. The van der Waals surface area contributed by atoms with Crippen LogP contribution in [0.3, 0.4) is 0 Å². The summed E-state index contributed by atoms with van der Waals surface area (Å²) < 4.78 is 4.49. The summed E-state index contributed by atoms with van der Waals surface area (Å²) in [5.41, 5.74) is 4.68. The van der Waals surface area contributed by atoms with Crippen molar-refractivity contribution in [2.24, 2.45) is 0 Å². The zero-order chi connectivity index (χ0) is 12.5. The zero-order valence-corrected chi connectivity index (χ0v) is 11.7. The van der Waals surface area contributed by atoms with Gasteiger partial charge >= 0.3 is 0 Å². The van der Waals surface area contributed by atoms with E-state index in [1.54, 1.807) is 11.5 Å². The molecule has 0 radical (unpaired) electrons. The smallest absolute Gasteiger partial charge is 0.131 e. The molecule has 1 aromatic carbocycles. The molecule has 0 aliphatic carbocycles. The molecule has 96 valence electrons. The van der Waals surface area contributed by atoms with Gasteiger partial charge in [-0.15, -0.1) is 0 Å². The van der Waals surface area contributed by atoms with Crippen LogP contribution in [0.5, 0.6) is 0 Å². The molecule has 1 fully saturated rings. The highest BCUT2D eigenvalue weighted by Crippen LogP contribution is 2.30. The fourth-order valence-electron chi connectivity index (χ4n) is 2.73. The molecular weight excluding hydrogens is 242 g/mol. The van der Waals surface area contributed by atoms with Gasteiger partial charge in [0.25, 0.3) is 0 Å². The van der Waals surface area contributed by atoms with Gasteiger partial charge in [0.2, 0.25) is 0 Å². The Morgan fingerprint density at radius 3 is 2.72 bits per heavy atom. The SMILES string of the molecule is CC1CCCC(C)N1Nc1snc2ccccc12. The van der Waals surface area contributed by atoms with Crippen LogP contribution in [0.1, 0.15) is 33.1 Å². The quantitative estimate of drug-likeness (QED) is 0.889. The van der Waals surface area contributed by atoms with Gasteiger partial charge in [0.05, 0.1) is 5.52 Å². The second kappa shape index (κ2) is 4.86. The van der Waals surface area contributed by atoms with Gasteiger partial charge in [-0.2, -0.15) is 4.37 Å². The first kappa shape index (κ1) is 11.9. The van der Waals surface area contributed by atoms with Crippen LogP contribution in [0, 0.1) is 0 Å². The van der Waals surface area contributed by atoms with E-state index in [0.717, 1.165) is 5.52 Å². The first-order valence-corrected chi connectivity index (χ1v) is 7.42. The van der Waals surface area contributed by atoms with Crippen molar-refractivity contribution in [3.63, 3.8) is 0 Å². The van der Waals surface area contributed by atoms with Gasteiger partial charge in [-0.05, 0) is 50.4 Å². The minimum absolute atomic E-state index is 0.592. The van der Waals surface area contributed by atoms with Crippen LogP contribution in [0.25, 0.3) is 10.9 Å². The average Bonchev–Trinajstić information content (AvgIpc) is 2.77. The van der Waals surface area contributed by atoms with Gasteiger partial charge in [-0.1, -0.05) is 18.6 Å². The predicted molar refractivity (Wildman–Crippen MR) is 77.9 cm³/mol. The first-order valence-electron chi connectivity index (χ1n) is 6.65. The lowest BCUT2D eigenvalue weighted by Gasteiger charge is -2.39. The largest absolute Gasteiger partial charge is 0.308 e. The molecular formula is C14H19N3S. The van der Waals surface area contributed by atoms with E-state index in [2.05, 4.69) is 46.9 Å². The normalized spacial score (nSPS) is 25.4. The molecule has 2 unspecified atom stereocenters. The third-order valence-electron chi connectivity index (χ3n) is 3.81. The van der Waals surface area contributed by atoms with Crippen molar-refractivity contribution in [3.8, 4) is 0 Å². The van der Waals surface area contributed by atoms with Crippen molar-refractivity contribution in [2.75, 3.05) is 5.43 Å². The van der Waals surface area contributed by atoms with Crippen LogP contribution in [0.4, 0.5) is 5.00 Å². The summed E-state index contributed by atoms with van der Waals surface area (Å²) in [5, 5.41) is 4.79. The van der Waals surface area contributed by atoms with Gasteiger partial charge in [0.15, 0.2) is 0 Å². The predicted octanol–water partition coefficient (Wildman–Crippen LogP) is 3.89. The minimum atomic E-state index is 0.592. The number of rotatable bonds is 2. The molecule has 0 saturated carbocycles. The molecule has 1 aliphatic heterocycles. The molecule has 1 N–H and O–H groups in total. The summed E-state index contributed by atoms with van der Waals surface area (Å²) >= 11 is 1.56. The summed E-state index contributed by atoms with van der Waals surface area (Å²) in [6.07, 6.45) is 3.88. The number of hydrazine groups is 1. The highest BCUT2D eigenvalue weighted by atomic mass is 32.1. The fraction of sp³-hybridized carbons (Fsp3) is 0.500. The van der Waals surface area contributed by atoms with E-state index in [1.165, 1.54) is 29.6 Å². The second-order valence-corrected chi connectivity index (χ2v) is 5.95. The average molecular weight is 261 g/mol. The topological polar surface area (TPSA) is 28.2 Å². The van der Waals surface area contributed by atoms with Crippen molar-refractivity contribution < 1.29 is 0 Å². The highest BCUT2D eigenvalue weighted by Gasteiger charge is 2.25. The number of nitrogens with zero attached hydrogens (tertiary/aromatic N) is 2. The molecule has 0 bridgehead atoms. The second-order valence-electron chi connectivity index (χ2n) is 5.18. The lowest BCUT2D eigenvalue weighted by Crippen LogP contribution is -2.47. The van der Waals surface area contributed by atoms with Crippen LogP contribution in [0.15, 0.2) is 24.3 Å². The van der Waals surface area contributed by atoms with Crippen molar-refractivity contribution >= 4 is 27.4 Å². The molecule has 3 rings (SSSR count). The van der Waals surface area contributed by atoms with Crippen LogP contribution >= 0.6 is 11.5 Å². The number of anilines is 1. The van der Waals surface area contributed by atoms with E-state index >= 15 is 0 Å². The summed E-state index contributed by atoms with van der Waals surface area (Å²) in [5.74, 6) is 0. The van der Waals surface area contributed by atoms with E-state index in [-0.39, 0.29) is 0 Å². The lowest BCUT2D eigenvalue weighted by atomic mass is 10.00. The summed E-state index contributed by atoms with van der Waals surface area (Å²) in [6, 6.07) is 9.51. The Morgan fingerprint density at radius 2 is 1.94 bits per heavy atom. The van der Waals surface area contributed by atoms with E-state index in [9.17, 15) is 0 Å². The summed E-state index contributed by atoms with van der Waals surface area (Å²) in [6.45, 7) is 4.60. The van der Waals surface area contributed by atoms with Gasteiger partial charge in [-0.25, -0.2) is 5.01 Å². The number of hydrogen-bond donors (Lipinski definition) is 1. The number of nitrogens with one attached hydrogen (secondary N) is 1. The Bertz CT molecular complexity index is 527. The van der Waals surface area contributed by atoms with E-state index in [1.807, 2.05) is 6.07 Å². The summed E-state index contributed by atoms with van der Waals surface area (Å²) in [7, 11) is 0. The van der Waals surface area contributed by atoms with E-state index < -0.39 is 0 Å². The molecule has 1 aromatic heterocycles. The van der Waals surface area contributed by atoms with Gasteiger partial charge in [-0.3, -0.25) is 0 Å². The van der Waals surface area contributed by atoms with Crippen LogP contribution in [-0.2, 0) is 0 Å². The van der Waals surface area contributed by atoms with Crippen molar-refractivity contribution in [1.29, 1.82) is 0 Å². The minimum Gasteiger partial charge on any atom is -0.308 e. The molecule has 1 saturated heterocycles. The van der Waals surface area contributed by atoms with E-state index in [4.69, 9.17) is 0 Å². The van der Waals surface area contributed by atoms with Gasteiger partial charge in [0.1, 0.15) is 5.00 Å². The Kier molecular flexibility index (Phi) is 3.22. The number of benzene rings is 1. The number of fused-ring (bicyclic) bond motifs is 1. The van der Waals surface area contributed by atoms with Crippen LogP contribution < -0.4 is 5.43 Å². The Hall–Kier alpha value is -1.13. The zero-order valence-electron chi connectivity index (χ0n) is 10.9. The molecule has 0 spiro atoms. The first-order chi connectivity index (χ1) is 8.75. The van der Waals surface area contributed by atoms with Crippen LogP contribution in [0.2, 0.25) is 0 Å². The maximum Gasteiger partial charge on any atom is 0.131 e. The highest BCUT2D eigenvalue weighted by molar-refractivity contribution is 7.11. The number of piperidine rings is 1. The van der Waals surface area contributed by atoms with Gasteiger partial charge in [0, 0.05) is 17.5 Å². The van der Waals surface area contributed by atoms with Crippen molar-refractivity contribution in [2.45, 2.75) is 45.2 Å². The maximum absolute atomic E-state index is 4.49. The molecule has 18 heavy (non-hydrogen) atoms. The van der Waals surface area contributed by atoms with Crippen molar-refractivity contribution in [1.82, 2.24) is 9.38 Å². The molecule has 2 atom stereocenters. The Morgan fingerprint density at radius 1 is 1.22 bits per heavy atom. The monoisotopic (exact) mass is 261 g/mol. The summed E-state index contributed by atoms with van der Waals surface area (Å²) in [4.78, 5) is 0. The molecule has 2 heterocycles. The van der Waals surface area contributed by atoms with Crippen LogP contribution in [-0.4, -0.2) is 21.5 Å². The van der Waals surface area contributed by atoms with Gasteiger partial charge < -0.3 is 5.43 Å². The molecule has 0 amide bonds. The number of aromatic nitrogens is 1. The molecule has 4 heteroatoms. The maximum atomic E-state index is 4.49. The molecule has 2 aromatic rings. The third-order valence-corrected chi connectivity index (χ3v) is 4.59. The molecule has 3 nitrogen and oxygen atoms in total. The van der Waals surface area contributed by atoms with Crippen molar-refractivity contribution in [3.05, 3.63) is 24.3 Å². The Balaban J connectivity index is 1.87. The molecule has 1 aliphatic rings. The lowest BCUT2D eigenvalue weighted by molar-refractivity contribution is 0.136. The number of hydrogen-bond acceptors (Lipinski definition) is 4. The van der Waals surface area contributed by atoms with E-state index in [0.29, 0.717) is 12.1 Å². The third kappa shape index (κ3) is 2.10.